The van der Waals surface area contributed by atoms with Crippen molar-refractivity contribution in [3.05, 3.63) is 65.7 Å². The van der Waals surface area contributed by atoms with E-state index in [-0.39, 0.29) is 6.42 Å². The van der Waals surface area contributed by atoms with Crippen LogP contribution in [0.4, 0.5) is 0 Å². The summed E-state index contributed by atoms with van der Waals surface area (Å²) in [7, 11) is 0. The molecule has 0 spiro atoms. The number of unbranched alkanes of at least 4 members (excludes halogenated alkanes) is 2. The molecule has 0 heterocycles. The highest BCUT2D eigenvalue weighted by Crippen LogP contribution is 2.13. The minimum Gasteiger partial charge on any atom is -0.494 e. The number of aliphatic carboxylic acids is 1. The molecule has 5 nitrogen and oxygen atoms in total. The number of hydrogen-bond donors (Lipinski definition) is 2. The fourth-order valence-corrected chi connectivity index (χ4v) is 2.74. The van der Waals surface area contributed by atoms with Gasteiger partial charge in [0.1, 0.15) is 5.75 Å². The van der Waals surface area contributed by atoms with Gasteiger partial charge in [-0.2, -0.15) is 0 Å². The van der Waals surface area contributed by atoms with Crippen molar-refractivity contribution in [1.29, 1.82) is 0 Å². The number of nitrogens with one attached hydrogen (secondary N) is 1. The standard InChI is InChI=1S/C23H31NO4/c25-23(26)14-16-24-15-13-20-9-11-22(12-10-20)28-18-6-2-5-17-27-19-21-7-3-1-4-8-21/h1,3-4,7-12,24H,2,5-6,13-19H2,(H,25,26). The van der Waals surface area contributed by atoms with Crippen molar-refractivity contribution in [2.24, 2.45) is 0 Å². The quantitative estimate of drug-likeness (QED) is 0.453. The van der Waals surface area contributed by atoms with E-state index in [0.717, 1.165) is 51.2 Å². The zero-order valence-electron chi connectivity index (χ0n) is 16.4. The smallest absolute Gasteiger partial charge is 0.304 e. The van der Waals surface area contributed by atoms with Gasteiger partial charge in [0.2, 0.25) is 0 Å². The third-order valence-corrected chi connectivity index (χ3v) is 4.34. The van der Waals surface area contributed by atoms with E-state index in [1.165, 1.54) is 11.1 Å². The second-order valence-corrected chi connectivity index (χ2v) is 6.73. The molecule has 28 heavy (non-hydrogen) atoms. The summed E-state index contributed by atoms with van der Waals surface area (Å²) in [6.45, 7) is 3.46. The third-order valence-electron chi connectivity index (χ3n) is 4.34. The van der Waals surface area contributed by atoms with Crippen LogP contribution in [0.1, 0.15) is 36.8 Å². The lowest BCUT2D eigenvalue weighted by atomic mass is 10.1. The summed E-state index contributed by atoms with van der Waals surface area (Å²) in [5.74, 6) is 0.122. The molecule has 2 N–H and O–H groups in total. The zero-order chi connectivity index (χ0) is 19.9. The molecule has 0 aromatic heterocycles. The fraction of sp³-hybridized carbons (Fsp3) is 0.435. The highest BCUT2D eigenvalue weighted by Gasteiger charge is 1.99. The Morgan fingerprint density at radius 1 is 0.857 bits per heavy atom. The van der Waals surface area contributed by atoms with Gasteiger partial charge in [0.25, 0.3) is 0 Å². The van der Waals surface area contributed by atoms with Gasteiger partial charge in [0.15, 0.2) is 0 Å². The average molecular weight is 386 g/mol. The Balaban J connectivity index is 1.46. The largest absolute Gasteiger partial charge is 0.494 e. The molecule has 5 heteroatoms. The van der Waals surface area contributed by atoms with Crippen LogP contribution in [0.3, 0.4) is 0 Å². The first-order chi connectivity index (χ1) is 13.7. The normalized spacial score (nSPS) is 10.7. The first-order valence-corrected chi connectivity index (χ1v) is 10.00. The molecular formula is C23H31NO4. The Labute approximate surface area is 167 Å². The molecule has 0 saturated heterocycles. The van der Waals surface area contributed by atoms with Gasteiger partial charge in [-0.25, -0.2) is 0 Å². The van der Waals surface area contributed by atoms with Gasteiger partial charge >= 0.3 is 5.97 Å². The summed E-state index contributed by atoms with van der Waals surface area (Å²) in [4.78, 5) is 10.4. The molecule has 0 unspecified atom stereocenters. The minimum absolute atomic E-state index is 0.159. The van der Waals surface area contributed by atoms with Crippen LogP contribution < -0.4 is 10.1 Å². The Hall–Kier alpha value is -2.37. The van der Waals surface area contributed by atoms with Crippen molar-refractivity contribution >= 4 is 5.97 Å². The van der Waals surface area contributed by atoms with Crippen LogP contribution in [0, 0.1) is 0 Å². The maximum absolute atomic E-state index is 10.4. The lowest BCUT2D eigenvalue weighted by molar-refractivity contribution is -0.136. The van der Waals surface area contributed by atoms with E-state index in [1.54, 1.807) is 0 Å². The van der Waals surface area contributed by atoms with Gasteiger partial charge in [-0.15, -0.1) is 0 Å². The summed E-state index contributed by atoms with van der Waals surface area (Å²) >= 11 is 0. The van der Waals surface area contributed by atoms with E-state index in [1.807, 2.05) is 30.3 Å². The van der Waals surface area contributed by atoms with Gasteiger partial charge in [0, 0.05) is 13.2 Å². The molecule has 0 fully saturated rings. The molecule has 0 amide bonds. The molecule has 0 aliphatic rings. The first-order valence-electron chi connectivity index (χ1n) is 10.00. The fourth-order valence-electron chi connectivity index (χ4n) is 2.74. The monoisotopic (exact) mass is 385 g/mol. The van der Waals surface area contributed by atoms with E-state index in [0.29, 0.717) is 13.2 Å². The first kappa shape index (κ1) is 21.9. The molecular weight excluding hydrogens is 354 g/mol. The van der Waals surface area contributed by atoms with Gasteiger partial charge in [-0.3, -0.25) is 4.79 Å². The summed E-state index contributed by atoms with van der Waals surface area (Å²) in [5.41, 5.74) is 2.43. The Bertz CT molecular complexity index is 658. The van der Waals surface area contributed by atoms with Crippen molar-refractivity contribution in [1.82, 2.24) is 5.32 Å². The number of hydrogen-bond acceptors (Lipinski definition) is 4. The average Bonchev–Trinajstić information content (AvgIpc) is 2.71. The molecule has 2 aromatic carbocycles. The predicted molar refractivity (Wildman–Crippen MR) is 111 cm³/mol. The lowest BCUT2D eigenvalue weighted by Crippen LogP contribution is -2.20. The van der Waals surface area contributed by atoms with Crippen LogP contribution in [-0.2, 0) is 22.6 Å². The number of carboxylic acids is 1. The second kappa shape index (κ2) is 13.7. The zero-order valence-corrected chi connectivity index (χ0v) is 16.4. The Morgan fingerprint density at radius 3 is 2.36 bits per heavy atom. The topological polar surface area (TPSA) is 67.8 Å². The summed E-state index contributed by atoms with van der Waals surface area (Å²) < 4.78 is 11.5. The number of ether oxygens (including phenoxy) is 2. The highest BCUT2D eigenvalue weighted by atomic mass is 16.5. The molecule has 0 atom stereocenters. The van der Waals surface area contributed by atoms with Gasteiger partial charge in [-0.05, 0) is 55.5 Å². The summed E-state index contributed by atoms with van der Waals surface area (Å²) in [6, 6.07) is 18.3. The van der Waals surface area contributed by atoms with E-state index < -0.39 is 5.97 Å². The van der Waals surface area contributed by atoms with E-state index in [9.17, 15) is 4.79 Å². The summed E-state index contributed by atoms with van der Waals surface area (Å²) in [6.07, 6.45) is 4.19. The van der Waals surface area contributed by atoms with Crippen LogP contribution in [0.2, 0.25) is 0 Å². The minimum atomic E-state index is -0.770. The lowest BCUT2D eigenvalue weighted by Gasteiger charge is -2.08. The highest BCUT2D eigenvalue weighted by molar-refractivity contribution is 5.66. The molecule has 0 aliphatic heterocycles. The van der Waals surface area contributed by atoms with Crippen molar-refractivity contribution in [3.8, 4) is 5.75 Å². The molecule has 0 aliphatic carbocycles. The van der Waals surface area contributed by atoms with Crippen LogP contribution in [0.15, 0.2) is 54.6 Å². The van der Waals surface area contributed by atoms with Crippen LogP contribution in [0.25, 0.3) is 0 Å². The SMILES string of the molecule is O=C(O)CCNCCc1ccc(OCCCCCOCc2ccccc2)cc1. The molecule has 2 aromatic rings. The Morgan fingerprint density at radius 2 is 1.61 bits per heavy atom. The number of carboxylic acid groups (broad SMARTS) is 1. The van der Waals surface area contributed by atoms with Crippen LogP contribution in [-0.4, -0.2) is 37.4 Å². The summed E-state index contributed by atoms with van der Waals surface area (Å²) in [5, 5.41) is 11.7. The number of carbonyl (C=O) groups is 1. The maximum Gasteiger partial charge on any atom is 0.304 e. The third kappa shape index (κ3) is 10.1. The van der Waals surface area contributed by atoms with E-state index in [2.05, 4.69) is 29.6 Å². The number of benzene rings is 2. The van der Waals surface area contributed by atoms with Crippen LogP contribution in [0.5, 0.6) is 5.75 Å². The second-order valence-electron chi connectivity index (χ2n) is 6.73. The predicted octanol–water partition coefficient (Wildman–Crippen LogP) is 4.06. The molecule has 0 saturated carbocycles. The molecule has 0 radical (unpaired) electrons. The number of rotatable bonds is 15. The van der Waals surface area contributed by atoms with Gasteiger partial charge in [-0.1, -0.05) is 42.5 Å². The van der Waals surface area contributed by atoms with E-state index >= 15 is 0 Å². The van der Waals surface area contributed by atoms with Crippen molar-refractivity contribution in [2.75, 3.05) is 26.3 Å². The van der Waals surface area contributed by atoms with Crippen molar-refractivity contribution in [3.63, 3.8) is 0 Å². The molecule has 2 rings (SSSR count). The van der Waals surface area contributed by atoms with Gasteiger partial charge in [0.05, 0.1) is 19.6 Å². The van der Waals surface area contributed by atoms with Crippen molar-refractivity contribution in [2.45, 2.75) is 38.7 Å². The Kier molecular flexibility index (Phi) is 10.8. The maximum atomic E-state index is 10.4. The van der Waals surface area contributed by atoms with Crippen LogP contribution >= 0.6 is 0 Å². The molecule has 152 valence electrons. The van der Waals surface area contributed by atoms with Gasteiger partial charge < -0.3 is 19.9 Å². The van der Waals surface area contributed by atoms with Crippen molar-refractivity contribution < 1.29 is 19.4 Å². The van der Waals surface area contributed by atoms with E-state index in [4.69, 9.17) is 14.6 Å². The molecule has 0 bridgehead atoms.